The maximum absolute atomic E-state index is 9.80. The molecule has 4 nitrogen and oxygen atoms in total. The molecule has 4 heteroatoms. The van der Waals surface area contributed by atoms with E-state index in [2.05, 4.69) is 18.7 Å². The fraction of sp³-hybridized carbons (Fsp3) is 1.00. The van der Waals surface area contributed by atoms with Crippen molar-refractivity contribution in [3.05, 3.63) is 0 Å². The first-order valence-corrected chi connectivity index (χ1v) is 5.62. The van der Waals surface area contributed by atoms with Gasteiger partial charge in [-0.1, -0.05) is 6.92 Å². The molecule has 0 spiro atoms. The summed E-state index contributed by atoms with van der Waals surface area (Å²) in [7, 11) is 1.71. The molecule has 0 bridgehead atoms. The van der Waals surface area contributed by atoms with E-state index in [1.165, 1.54) is 0 Å². The van der Waals surface area contributed by atoms with Crippen LogP contribution in [0.2, 0.25) is 0 Å². The fourth-order valence-corrected chi connectivity index (χ4v) is 1.52. The summed E-state index contributed by atoms with van der Waals surface area (Å²) < 4.78 is 5.12. The van der Waals surface area contributed by atoms with Crippen molar-refractivity contribution in [1.29, 1.82) is 0 Å². The summed E-state index contributed by atoms with van der Waals surface area (Å²) in [6, 6.07) is 0.383. The van der Waals surface area contributed by atoms with E-state index < -0.39 is 5.60 Å². The molecule has 0 aromatic rings. The van der Waals surface area contributed by atoms with Crippen molar-refractivity contribution in [2.45, 2.75) is 38.8 Å². The highest BCUT2D eigenvalue weighted by molar-refractivity contribution is 4.76. The maximum atomic E-state index is 9.80. The number of hydrogen-bond donors (Lipinski definition) is 2. The summed E-state index contributed by atoms with van der Waals surface area (Å²) in [5.41, 5.74) is 4.73. The van der Waals surface area contributed by atoms with Gasteiger partial charge < -0.3 is 15.6 Å². The van der Waals surface area contributed by atoms with Gasteiger partial charge in [-0.2, -0.15) is 0 Å². The number of rotatable bonds is 8. The van der Waals surface area contributed by atoms with Crippen molar-refractivity contribution in [3.8, 4) is 0 Å². The third-order valence-corrected chi connectivity index (χ3v) is 2.81. The first-order chi connectivity index (χ1) is 6.96. The van der Waals surface area contributed by atoms with E-state index in [0.717, 1.165) is 19.7 Å². The van der Waals surface area contributed by atoms with E-state index >= 15 is 0 Å². The van der Waals surface area contributed by atoms with E-state index in [1.54, 1.807) is 14.0 Å². The van der Waals surface area contributed by atoms with Crippen molar-refractivity contribution in [2.24, 2.45) is 5.73 Å². The molecule has 0 rings (SSSR count). The van der Waals surface area contributed by atoms with Crippen LogP contribution in [-0.4, -0.2) is 55.0 Å². The summed E-state index contributed by atoms with van der Waals surface area (Å²) in [5, 5.41) is 9.80. The van der Waals surface area contributed by atoms with Crippen LogP contribution in [0.5, 0.6) is 0 Å². The predicted octanol–water partition coefficient (Wildman–Crippen LogP) is 0.443. The molecular weight excluding hydrogens is 192 g/mol. The Kier molecular flexibility index (Phi) is 7.09. The van der Waals surface area contributed by atoms with Crippen molar-refractivity contribution >= 4 is 0 Å². The number of likely N-dealkylation sites (N-methyl/N-ethyl adjacent to an activating group) is 1. The molecular formula is C11H26N2O2. The van der Waals surface area contributed by atoms with Crippen LogP contribution in [0.15, 0.2) is 0 Å². The monoisotopic (exact) mass is 218 g/mol. The lowest BCUT2D eigenvalue weighted by molar-refractivity contribution is 0.0345. The van der Waals surface area contributed by atoms with Gasteiger partial charge in [0.1, 0.15) is 0 Å². The van der Waals surface area contributed by atoms with Crippen molar-refractivity contribution in [2.75, 3.05) is 33.4 Å². The summed E-state index contributed by atoms with van der Waals surface area (Å²) in [4.78, 5) is 2.29. The van der Waals surface area contributed by atoms with Gasteiger partial charge in [0, 0.05) is 26.2 Å². The average molecular weight is 218 g/mol. The van der Waals surface area contributed by atoms with Gasteiger partial charge in [0.25, 0.3) is 0 Å². The number of methoxy groups -OCH3 is 1. The zero-order valence-corrected chi connectivity index (χ0v) is 10.5. The van der Waals surface area contributed by atoms with Crippen LogP contribution in [0.1, 0.15) is 27.2 Å². The van der Waals surface area contributed by atoms with Gasteiger partial charge in [-0.25, -0.2) is 0 Å². The van der Waals surface area contributed by atoms with E-state index in [-0.39, 0.29) is 0 Å². The minimum atomic E-state index is -0.750. The lowest BCUT2D eigenvalue weighted by Gasteiger charge is -2.30. The molecule has 0 aliphatic heterocycles. The molecule has 0 fully saturated rings. The second kappa shape index (κ2) is 7.17. The standard InChI is InChI=1S/C11H26N2O2/c1-5-13(10(2)8-15-4)7-6-11(3,14)9-12/h10,14H,5-9,12H2,1-4H3. The zero-order valence-electron chi connectivity index (χ0n) is 10.5. The van der Waals surface area contributed by atoms with Crippen molar-refractivity contribution < 1.29 is 9.84 Å². The number of ether oxygens (including phenoxy) is 1. The van der Waals surface area contributed by atoms with E-state index in [4.69, 9.17) is 10.5 Å². The molecule has 2 atom stereocenters. The second-order valence-corrected chi connectivity index (χ2v) is 4.38. The Labute approximate surface area is 93.4 Å². The third kappa shape index (κ3) is 6.10. The predicted molar refractivity (Wildman–Crippen MR) is 62.9 cm³/mol. The number of nitrogens with zero attached hydrogens (tertiary/aromatic N) is 1. The largest absolute Gasteiger partial charge is 0.389 e. The molecule has 0 saturated carbocycles. The fourth-order valence-electron chi connectivity index (χ4n) is 1.52. The third-order valence-electron chi connectivity index (χ3n) is 2.81. The normalized spacial score (nSPS) is 17.8. The van der Waals surface area contributed by atoms with Crippen LogP contribution in [-0.2, 0) is 4.74 Å². The molecule has 92 valence electrons. The molecule has 3 N–H and O–H groups in total. The zero-order chi connectivity index (χ0) is 11.9. The molecule has 2 unspecified atom stereocenters. The summed E-state index contributed by atoms with van der Waals surface area (Å²) >= 11 is 0. The molecule has 0 saturated heterocycles. The lowest BCUT2D eigenvalue weighted by Crippen LogP contribution is -2.42. The highest BCUT2D eigenvalue weighted by atomic mass is 16.5. The first-order valence-electron chi connectivity index (χ1n) is 5.62. The Hall–Kier alpha value is -0.160. The van der Waals surface area contributed by atoms with Crippen molar-refractivity contribution in [1.82, 2.24) is 4.90 Å². The highest BCUT2D eigenvalue weighted by Crippen LogP contribution is 2.10. The molecule has 0 aliphatic carbocycles. The molecule has 0 aliphatic rings. The number of hydrogen-bond acceptors (Lipinski definition) is 4. The number of nitrogens with two attached hydrogens (primary N) is 1. The van der Waals surface area contributed by atoms with E-state index in [1.807, 2.05) is 0 Å². The molecule has 0 radical (unpaired) electrons. The molecule has 0 amide bonds. The van der Waals surface area contributed by atoms with Gasteiger partial charge in [-0.05, 0) is 26.8 Å². The smallest absolute Gasteiger partial charge is 0.0753 e. The molecule has 0 aromatic heterocycles. The van der Waals surface area contributed by atoms with Crippen molar-refractivity contribution in [3.63, 3.8) is 0 Å². The number of aliphatic hydroxyl groups is 1. The first kappa shape index (κ1) is 14.8. The van der Waals surface area contributed by atoms with Crippen LogP contribution >= 0.6 is 0 Å². The van der Waals surface area contributed by atoms with Crippen LogP contribution in [0.4, 0.5) is 0 Å². The Morgan fingerprint density at radius 1 is 1.53 bits per heavy atom. The minimum Gasteiger partial charge on any atom is -0.389 e. The summed E-state index contributed by atoms with van der Waals surface area (Å²) in [5.74, 6) is 0. The van der Waals surface area contributed by atoms with Gasteiger partial charge in [0.05, 0.1) is 12.2 Å². The Balaban J connectivity index is 3.99. The Morgan fingerprint density at radius 3 is 2.53 bits per heavy atom. The minimum absolute atomic E-state index is 0.309. The van der Waals surface area contributed by atoms with Gasteiger partial charge >= 0.3 is 0 Å². The highest BCUT2D eigenvalue weighted by Gasteiger charge is 2.20. The van der Waals surface area contributed by atoms with Gasteiger partial charge in [-0.3, -0.25) is 4.90 Å². The molecule has 0 aromatic carbocycles. The second-order valence-electron chi connectivity index (χ2n) is 4.38. The quantitative estimate of drug-likeness (QED) is 0.621. The lowest BCUT2D eigenvalue weighted by atomic mass is 10.0. The average Bonchev–Trinajstić information content (AvgIpc) is 2.19. The van der Waals surface area contributed by atoms with Crippen LogP contribution in [0.3, 0.4) is 0 Å². The van der Waals surface area contributed by atoms with Gasteiger partial charge in [0.15, 0.2) is 0 Å². The van der Waals surface area contributed by atoms with Crippen LogP contribution < -0.4 is 5.73 Å². The summed E-state index contributed by atoms with van der Waals surface area (Å²) in [6.45, 7) is 8.87. The van der Waals surface area contributed by atoms with Gasteiger partial charge in [0.2, 0.25) is 0 Å². The Bertz CT molecular complexity index is 163. The molecule has 15 heavy (non-hydrogen) atoms. The van der Waals surface area contributed by atoms with Crippen LogP contribution in [0, 0.1) is 0 Å². The maximum Gasteiger partial charge on any atom is 0.0753 e. The topological polar surface area (TPSA) is 58.7 Å². The van der Waals surface area contributed by atoms with Gasteiger partial charge in [-0.15, -0.1) is 0 Å². The van der Waals surface area contributed by atoms with E-state index in [9.17, 15) is 5.11 Å². The van der Waals surface area contributed by atoms with Crippen LogP contribution in [0.25, 0.3) is 0 Å². The summed E-state index contributed by atoms with van der Waals surface area (Å²) in [6.07, 6.45) is 0.700. The Morgan fingerprint density at radius 2 is 2.13 bits per heavy atom. The van der Waals surface area contributed by atoms with E-state index in [0.29, 0.717) is 19.0 Å². The SMILES string of the molecule is CCN(CCC(C)(O)CN)C(C)COC. The molecule has 0 heterocycles.